The van der Waals surface area contributed by atoms with E-state index in [4.69, 9.17) is 4.74 Å². The van der Waals surface area contributed by atoms with Gasteiger partial charge in [-0.05, 0) is 51.5 Å². The average Bonchev–Trinajstić information content (AvgIpc) is 2.67. The first-order valence-corrected chi connectivity index (χ1v) is 10.3. The molecule has 2 aromatic carbocycles. The highest BCUT2D eigenvalue weighted by Crippen LogP contribution is 2.22. The number of carbonyl (C=O) groups is 2. The first-order chi connectivity index (χ1) is 13.8. The summed E-state index contributed by atoms with van der Waals surface area (Å²) >= 11 is 0. The minimum absolute atomic E-state index is 0.228. The summed E-state index contributed by atoms with van der Waals surface area (Å²) in [6, 6.07) is 14.2. The van der Waals surface area contributed by atoms with Gasteiger partial charge in [0.1, 0.15) is 5.75 Å². The van der Waals surface area contributed by atoms with Crippen LogP contribution in [0.4, 0.5) is 5.69 Å². The van der Waals surface area contributed by atoms with Gasteiger partial charge < -0.3 is 15.4 Å². The van der Waals surface area contributed by atoms with Crippen LogP contribution in [0.5, 0.6) is 5.75 Å². The fraction of sp³-hybridized carbons (Fsp3) is 0.417. The van der Waals surface area contributed by atoms with Crippen LogP contribution < -0.4 is 15.4 Å². The number of para-hydroxylation sites is 2. The monoisotopic (exact) mass is 396 g/mol. The van der Waals surface area contributed by atoms with E-state index in [1.54, 1.807) is 42.5 Å². The Labute approximate surface area is 173 Å². The SMILES string of the molecule is CCCCCCOc1ccccc1C(=O)Nc1ccccc1C(=O)NC(C)(C)C. The Morgan fingerprint density at radius 2 is 1.52 bits per heavy atom. The topological polar surface area (TPSA) is 67.4 Å². The average molecular weight is 397 g/mol. The molecule has 0 radical (unpaired) electrons. The molecule has 0 aliphatic carbocycles. The summed E-state index contributed by atoms with van der Waals surface area (Å²) in [4.78, 5) is 25.5. The van der Waals surface area contributed by atoms with E-state index in [0.29, 0.717) is 29.2 Å². The van der Waals surface area contributed by atoms with Crippen LogP contribution in [0.15, 0.2) is 48.5 Å². The van der Waals surface area contributed by atoms with Gasteiger partial charge in [0.15, 0.2) is 0 Å². The molecular weight excluding hydrogens is 364 g/mol. The fourth-order valence-electron chi connectivity index (χ4n) is 2.88. The van der Waals surface area contributed by atoms with Crippen LogP contribution in [0, 0.1) is 0 Å². The first kappa shape index (κ1) is 22.5. The lowest BCUT2D eigenvalue weighted by Crippen LogP contribution is -2.40. The number of anilines is 1. The van der Waals surface area contributed by atoms with E-state index in [0.717, 1.165) is 12.8 Å². The van der Waals surface area contributed by atoms with Crippen molar-refractivity contribution >= 4 is 17.5 Å². The van der Waals surface area contributed by atoms with E-state index in [2.05, 4.69) is 17.6 Å². The van der Waals surface area contributed by atoms with Crippen molar-refractivity contribution in [2.45, 2.75) is 58.9 Å². The zero-order valence-corrected chi connectivity index (χ0v) is 17.9. The molecular formula is C24H32N2O3. The number of hydrogen-bond donors (Lipinski definition) is 2. The summed E-state index contributed by atoms with van der Waals surface area (Å²) in [5.74, 6) is 0.0251. The normalized spacial score (nSPS) is 11.0. The summed E-state index contributed by atoms with van der Waals surface area (Å²) in [6.07, 6.45) is 4.42. The molecule has 0 aliphatic heterocycles. The van der Waals surface area contributed by atoms with Crippen molar-refractivity contribution in [2.75, 3.05) is 11.9 Å². The number of amides is 2. The van der Waals surface area contributed by atoms with Gasteiger partial charge in [0.05, 0.1) is 23.4 Å². The quantitative estimate of drug-likeness (QED) is 0.556. The van der Waals surface area contributed by atoms with Crippen molar-refractivity contribution in [3.8, 4) is 5.75 Å². The second kappa shape index (κ2) is 10.6. The summed E-state index contributed by atoms with van der Waals surface area (Å²) in [5, 5.41) is 5.79. The predicted molar refractivity (Wildman–Crippen MR) is 118 cm³/mol. The standard InChI is InChI=1S/C24H32N2O3/c1-5-6-7-12-17-29-21-16-11-9-14-19(21)22(27)25-20-15-10-8-13-18(20)23(28)26-24(2,3)4/h8-11,13-16H,5-7,12,17H2,1-4H3,(H,25,27)(H,26,28). The lowest BCUT2D eigenvalue weighted by atomic mass is 10.1. The minimum Gasteiger partial charge on any atom is -0.493 e. The highest BCUT2D eigenvalue weighted by molar-refractivity contribution is 6.10. The number of ether oxygens (including phenoxy) is 1. The molecule has 2 aromatic rings. The molecule has 0 aromatic heterocycles. The number of benzene rings is 2. The van der Waals surface area contributed by atoms with Crippen LogP contribution >= 0.6 is 0 Å². The van der Waals surface area contributed by atoms with Gasteiger partial charge in [0.2, 0.25) is 0 Å². The van der Waals surface area contributed by atoms with Gasteiger partial charge in [-0.15, -0.1) is 0 Å². The van der Waals surface area contributed by atoms with Gasteiger partial charge in [-0.2, -0.15) is 0 Å². The second-order valence-corrected chi connectivity index (χ2v) is 8.11. The molecule has 0 fully saturated rings. The third-order valence-electron chi connectivity index (χ3n) is 4.30. The van der Waals surface area contributed by atoms with E-state index in [1.807, 2.05) is 26.8 Å². The molecule has 156 valence electrons. The highest BCUT2D eigenvalue weighted by Gasteiger charge is 2.20. The minimum atomic E-state index is -0.369. The van der Waals surface area contributed by atoms with Crippen LogP contribution in [-0.2, 0) is 0 Å². The Bertz CT molecular complexity index is 825. The van der Waals surface area contributed by atoms with Crippen molar-refractivity contribution in [3.05, 3.63) is 59.7 Å². The maximum absolute atomic E-state index is 12.9. The van der Waals surface area contributed by atoms with E-state index >= 15 is 0 Å². The van der Waals surface area contributed by atoms with Crippen LogP contribution in [0.3, 0.4) is 0 Å². The Balaban J connectivity index is 2.12. The second-order valence-electron chi connectivity index (χ2n) is 8.11. The molecule has 0 saturated carbocycles. The van der Waals surface area contributed by atoms with Crippen LogP contribution in [0.1, 0.15) is 74.1 Å². The van der Waals surface area contributed by atoms with Crippen molar-refractivity contribution in [1.29, 1.82) is 0 Å². The van der Waals surface area contributed by atoms with Gasteiger partial charge in [-0.3, -0.25) is 9.59 Å². The number of hydrogen-bond acceptors (Lipinski definition) is 3. The predicted octanol–water partition coefficient (Wildman–Crippen LogP) is 5.43. The van der Waals surface area contributed by atoms with Gasteiger partial charge >= 0.3 is 0 Å². The van der Waals surface area contributed by atoms with Crippen LogP contribution in [-0.4, -0.2) is 24.0 Å². The van der Waals surface area contributed by atoms with Gasteiger partial charge in [0.25, 0.3) is 11.8 Å². The summed E-state index contributed by atoms with van der Waals surface area (Å²) in [5.41, 5.74) is 0.978. The maximum Gasteiger partial charge on any atom is 0.259 e. The first-order valence-electron chi connectivity index (χ1n) is 10.3. The molecule has 5 nitrogen and oxygen atoms in total. The zero-order valence-electron chi connectivity index (χ0n) is 17.9. The van der Waals surface area contributed by atoms with Gasteiger partial charge in [-0.1, -0.05) is 50.5 Å². The Hall–Kier alpha value is -2.82. The molecule has 0 aliphatic rings. The summed E-state index contributed by atoms with van der Waals surface area (Å²) in [6.45, 7) is 8.50. The summed E-state index contributed by atoms with van der Waals surface area (Å²) < 4.78 is 5.85. The van der Waals surface area contributed by atoms with Crippen LogP contribution in [0.2, 0.25) is 0 Å². The third-order valence-corrected chi connectivity index (χ3v) is 4.30. The molecule has 5 heteroatoms. The van der Waals surface area contributed by atoms with Crippen molar-refractivity contribution in [2.24, 2.45) is 0 Å². The number of carbonyl (C=O) groups excluding carboxylic acids is 2. The molecule has 2 amide bonds. The van der Waals surface area contributed by atoms with Crippen molar-refractivity contribution in [3.63, 3.8) is 0 Å². The maximum atomic E-state index is 12.9. The Kier molecular flexibility index (Phi) is 8.25. The largest absolute Gasteiger partial charge is 0.493 e. The highest BCUT2D eigenvalue weighted by atomic mass is 16.5. The van der Waals surface area contributed by atoms with E-state index < -0.39 is 0 Å². The van der Waals surface area contributed by atoms with Crippen LogP contribution in [0.25, 0.3) is 0 Å². The molecule has 0 atom stereocenters. The molecule has 0 heterocycles. The van der Waals surface area contributed by atoms with E-state index in [9.17, 15) is 9.59 Å². The Morgan fingerprint density at radius 1 is 0.862 bits per heavy atom. The molecule has 0 saturated heterocycles. The summed E-state index contributed by atoms with van der Waals surface area (Å²) in [7, 11) is 0. The lowest BCUT2D eigenvalue weighted by Gasteiger charge is -2.21. The van der Waals surface area contributed by atoms with E-state index in [-0.39, 0.29) is 17.4 Å². The zero-order chi connectivity index (χ0) is 21.3. The molecule has 2 N–H and O–H groups in total. The van der Waals surface area contributed by atoms with Crippen molar-refractivity contribution in [1.82, 2.24) is 5.32 Å². The Morgan fingerprint density at radius 3 is 2.21 bits per heavy atom. The third kappa shape index (κ3) is 7.26. The number of nitrogens with one attached hydrogen (secondary N) is 2. The smallest absolute Gasteiger partial charge is 0.259 e. The van der Waals surface area contributed by atoms with E-state index in [1.165, 1.54) is 12.8 Å². The lowest BCUT2D eigenvalue weighted by molar-refractivity contribution is 0.0920. The molecule has 2 rings (SSSR count). The molecule has 29 heavy (non-hydrogen) atoms. The molecule has 0 bridgehead atoms. The van der Waals surface area contributed by atoms with Gasteiger partial charge in [0, 0.05) is 5.54 Å². The number of unbranched alkanes of at least 4 members (excludes halogenated alkanes) is 3. The molecule has 0 unspecified atom stereocenters. The molecule has 0 spiro atoms. The fourth-order valence-corrected chi connectivity index (χ4v) is 2.88. The van der Waals surface area contributed by atoms with Gasteiger partial charge in [-0.25, -0.2) is 0 Å². The van der Waals surface area contributed by atoms with Crippen molar-refractivity contribution < 1.29 is 14.3 Å². The number of rotatable bonds is 9.